The Morgan fingerprint density at radius 3 is 2.89 bits per heavy atom. The molecule has 4 nitrogen and oxygen atoms in total. The molecule has 1 N–H and O–H groups in total. The van der Waals surface area contributed by atoms with Crippen LogP contribution in [0.4, 0.5) is 4.39 Å². The van der Waals surface area contributed by atoms with E-state index in [1.54, 1.807) is 7.11 Å². The summed E-state index contributed by atoms with van der Waals surface area (Å²) in [6.45, 7) is 1.93. The molecule has 0 bridgehead atoms. The Kier molecular flexibility index (Phi) is 4.59. The summed E-state index contributed by atoms with van der Waals surface area (Å²) in [5, 5.41) is 3.61. The van der Waals surface area contributed by atoms with E-state index >= 15 is 4.39 Å². The fourth-order valence-corrected chi connectivity index (χ4v) is 6.64. The van der Waals surface area contributed by atoms with Crippen molar-refractivity contribution in [1.82, 2.24) is 5.32 Å². The lowest BCUT2D eigenvalue weighted by Crippen LogP contribution is -2.66. The predicted octanol–water partition coefficient (Wildman–Crippen LogP) is 4.27. The summed E-state index contributed by atoms with van der Waals surface area (Å²) in [5.41, 5.74) is 1.62. The number of nitrogens with one attached hydrogen (secondary N) is 1. The van der Waals surface area contributed by atoms with Crippen LogP contribution in [0.3, 0.4) is 0 Å². The normalized spacial score (nSPS) is 36.3. The number of halogens is 2. The van der Waals surface area contributed by atoms with Gasteiger partial charge in [-0.05, 0) is 75.6 Å². The first-order valence-corrected chi connectivity index (χ1v) is 11.0. The number of ether oxygens (including phenoxy) is 2. The minimum Gasteiger partial charge on any atom is -0.493 e. The second-order valence-corrected chi connectivity index (χ2v) is 9.10. The number of benzene rings is 1. The topological polar surface area (TPSA) is 39.7 Å². The summed E-state index contributed by atoms with van der Waals surface area (Å²) in [6.07, 6.45) is 5.14. The van der Waals surface area contributed by atoms with Crippen LogP contribution in [0.15, 0.2) is 12.1 Å². The van der Waals surface area contributed by atoms with Gasteiger partial charge in [0.2, 0.25) is 0 Å². The smallest absolute Gasteiger partial charge is 0.166 e. The first-order chi connectivity index (χ1) is 13.1. The molecule has 4 aliphatic rings. The van der Waals surface area contributed by atoms with Gasteiger partial charge in [0.25, 0.3) is 0 Å². The Morgan fingerprint density at radius 1 is 1.30 bits per heavy atom. The predicted molar refractivity (Wildman–Crippen MR) is 110 cm³/mol. The first-order valence-electron chi connectivity index (χ1n) is 10.2. The zero-order valence-electron chi connectivity index (χ0n) is 15.7. The maximum atomic E-state index is 15.2. The SMILES string of the molecule is COc1ccc2c3c1O[C@@H]1C(F)CC[C@](OI)(CC2)[C@]31CCNCC1CC1. The molecule has 0 amide bonds. The summed E-state index contributed by atoms with van der Waals surface area (Å²) in [7, 11) is 1.66. The van der Waals surface area contributed by atoms with Crippen LogP contribution < -0.4 is 14.8 Å². The van der Waals surface area contributed by atoms with Crippen LogP contribution in [0.5, 0.6) is 11.5 Å². The molecule has 148 valence electrons. The molecule has 1 aromatic carbocycles. The summed E-state index contributed by atoms with van der Waals surface area (Å²) < 4.78 is 33.4. The first kappa shape index (κ1) is 18.4. The lowest BCUT2D eigenvalue weighted by Gasteiger charge is -2.55. The van der Waals surface area contributed by atoms with Crippen molar-refractivity contribution >= 4 is 23.0 Å². The molecule has 5 rings (SSSR count). The van der Waals surface area contributed by atoms with Crippen molar-refractivity contribution in [3.8, 4) is 11.5 Å². The van der Waals surface area contributed by atoms with Crippen LogP contribution >= 0.6 is 23.0 Å². The average Bonchev–Trinajstić information content (AvgIpc) is 3.45. The molecule has 6 heteroatoms. The summed E-state index contributed by atoms with van der Waals surface area (Å²) in [6, 6.07) is 4.11. The van der Waals surface area contributed by atoms with Crippen molar-refractivity contribution in [2.45, 2.75) is 68.2 Å². The monoisotopic (exact) mass is 487 g/mol. The van der Waals surface area contributed by atoms with Crippen molar-refractivity contribution in [1.29, 1.82) is 0 Å². The zero-order chi connectivity index (χ0) is 18.6. The van der Waals surface area contributed by atoms with Crippen molar-refractivity contribution in [2.24, 2.45) is 5.92 Å². The molecular formula is C21H27FINO3. The molecule has 2 fully saturated rings. The summed E-state index contributed by atoms with van der Waals surface area (Å²) in [5.74, 6) is 2.30. The number of hydrogen-bond donors (Lipinski definition) is 1. The van der Waals surface area contributed by atoms with E-state index in [9.17, 15) is 0 Å². The zero-order valence-corrected chi connectivity index (χ0v) is 17.9. The van der Waals surface area contributed by atoms with Crippen LogP contribution in [-0.2, 0) is 14.9 Å². The van der Waals surface area contributed by atoms with E-state index < -0.39 is 17.7 Å². The van der Waals surface area contributed by atoms with Crippen LogP contribution in [0, 0.1) is 5.92 Å². The van der Waals surface area contributed by atoms with Gasteiger partial charge in [0.1, 0.15) is 35.3 Å². The maximum Gasteiger partial charge on any atom is 0.166 e. The van der Waals surface area contributed by atoms with Crippen LogP contribution in [0.2, 0.25) is 0 Å². The van der Waals surface area contributed by atoms with E-state index in [1.165, 1.54) is 18.4 Å². The number of alkyl halides is 1. The second kappa shape index (κ2) is 6.73. The quantitative estimate of drug-likeness (QED) is 0.461. The van der Waals surface area contributed by atoms with Gasteiger partial charge in [0, 0.05) is 5.56 Å². The third-order valence-corrected chi connectivity index (χ3v) is 8.18. The molecule has 1 heterocycles. The van der Waals surface area contributed by atoms with Gasteiger partial charge in [-0.1, -0.05) is 6.07 Å². The highest BCUT2D eigenvalue weighted by Crippen LogP contribution is 2.65. The second-order valence-electron chi connectivity index (χ2n) is 8.66. The lowest BCUT2D eigenvalue weighted by molar-refractivity contribution is -0.107. The molecule has 2 saturated carbocycles. The van der Waals surface area contributed by atoms with E-state index in [1.807, 2.05) is 6.07 Å². The summed E-state index contributed by atoms with van der Waals surface area (Å²) in [4.78, 5) is 0. The molecular weight excluding hydrogens is 460 g/mol. The van der Waals surface area contributed by atoms with Crippen molar-refractivity contribution in [3.05, 3.63) is 23.3 Å². The van der Waals surface area contributed by atoms with Crippen LogP contribution in [0.1, 0.15) is 49.7 Å². The molecule has 0 radical (unpaired) electrons. The Balaban J connectivity index is 1.60. The third kappa shape index (κ3) is 2.58. The average molecular weight is 487 g/mol. The Morgan fingerprint density at radius 2 is 2.15 bits per heavy atom. The van der Waals surface area contributed by atoms with E-state index in [2.05, 4.69) is 34.4 Å². The number of rotatable bonds is 7. The Bertz CT molecular complexity index is 742. The van der Waals surface area contributed by atoms with Crippen LogP contribution in [-0.4, -0.2) is 38.1 Å². The van der Waals surface area contributed by atoms with Crippen molar-refractivity contribution < 1.29 is 16.9 Å². The molecule has 1 aliphatic heterocycles. The van der Waals surface area contributed by atoms with Crippen molar-refractivity contribution in [3.63, 3.8) is 0 Å². The number of aryl methyl sites for hydroxylation is 1. The van der Waals surface area contributed by atoms with Crippen molar-refractivity contribution in [2.75, 3.05) is 20.2 Å². The Hall–Kier alpha value is -0.600. The minimum absolute atomic E-state index is 0.368. The molecule has 27 heavy (non-hydrogen) atoms. The van der Waals surface area contributed by atoms with Gasteiger partial charge in [-0.2, -0.15) is 0 Å². The van der Waals surface area contributed by atoms with E-state index in [-0.39, 0.29) is 5.60 Å². The largest absolute Gasteiger partial charge is 0.493 e. The highest BCUT2D eigenvalue weighted by molar-refractivity contribution is 14.1. The molecule has 3 aliphatic carbocycles. The highest BCUT2D eigenvalue weighted by Gasteiger charge is 2.69. The molecule has 1 unspecified atom stereocenters. The fraction of sp³-hybridized carbons (Fsp3) is 0.714. The van der Waals surface area contributed by atoms with Gasteiger partial charge in [0.05, 0.1) is 18.1 Å². The van der Waals surface area contributed by atoms with Gasteiger partial charge < -0.3 is 17.9 Å². The summed E-state index contributed by atoms with van der Waals surface area (Å²) >= 11 is 2.05. The molecule has 4 atom stereocenters. The van der Waals surface area contributed by atoms with E-state index in [4.69, 9.17) is 12.5 Å². The molecule has 0 aromatic heterocycles. The molecule has 1 aromatic rings. The van der Waals surface area contributed by atoms with Gasteiger partial charge >= 0.3 is 0 Å². The van der Waals surface area contributed by atoms with Gasteiger partial charge in [-0.25, -0.2) is 4.39 Å². The standard InChI is InChI=1S/C21H27FINO3/c1-25-16-5-4-14-6-8-20(27-23)9-7-15(22)19-21(20,17(14)18(16)26-19)10-11-24-12-13-2-3-13/h4-5,13,15,19,24H,2-3,6-12H2,1H3/t15?,19-,20-,21-/m1/s1. The molecule has 0 spiro atoms. The van der Waals surface area contributed by atoms with Gasteiger partial charge in [0.15, 0.2) is 11.5 Å². The fourth-order valence-electron chi connectivity index (χ4n) is 5.80. The third-order valence-electron chi connectivity index (χ3n) is 7.34. The Labute approximate surface area is 174 Å². The van der Waals surface area contributed by atoms with Crippen LogP contribution in [0.25, 0.3) is 0 Å². The van der Waals surface area contributed by atoms with E-state index in [0.717, 1.165) is 56.0 Å². The maximum absolute atomic E-state index is 15.2. The van der Waals surface area contributed by atoms with Gasteiger partial charge in [-0.15, -0.1) is 0 Å². The minimum atomic E-state index is -0.976. The molecule has 0 saturated heterocycles. The highest BCUT2D eigenvalue weighted by atomic mass is 127. The number of hydrogen-bond acceptors (Lipinski definition) is 4. The number of methoxy groups -OCH3 is 1. The lowest BCUT2D eigenvalue weighted by atomic mass is 9.52. The van der Waals surface area contributed by atoms with Gasteiger partial charge in [-0.3, -0.25) is 0 Å². The van der Waals surface area contributed by atoms with E-state index in [0.29, 0.717) is 12.2 Å².